The Balaban J connectivity index is 1.28. The third-order valence-electron chi connectivity index (χ3n) is 6.06. The number of nitrogens with one attached hydrogen (secondary N) is 1. The van der Waals surface area contributed by atoms with E-state index in [2.05, 4.69) is 5.32 Å². The summed E-state index contributed by atoms with van der Waals surface area (Å²) in [7, 11) is 0. The standard InChI is InChI=1S/C25H28FN3O2/c26-22-18-21(9-10-23(22)28-14-4-5-15-28)27-25(31)20-12-16-29(17-13-20)24(30)11-8-19-6-2-1-3-7-19/h1-3,6-11,18,20H,4-5,12-17H2,(H,27,31)/b11-8+. The van der Waals surface area contributed by atoms with Crippen LogP contribution in [0.15, 0.2) is 54.6 Å². The van der Waals surface area contributed by atoms with Crippen molar-refractivity contribution in [2.24, 2.45) is 5.92 Å². The van der Waals surface area contributed by atoms with E-state index >= 15 is 0 Å². The van der Waals surface area contributed by atoms with Crippen LogP contribution in [0.3, 0.4) is 0 Å². The first-order valence-corrected chi connectivity index (χ1v) is 11.0. The molecule has 0 unspecified atom stereocenters. The lowest BCUT2D eigenvalue weighted by Crippen LogP contribution is -2.40. The van der Waals surface area contributed by atoms with Gasteiger partial charge < -0.3 is 15.1 Å². The Kier molecular flexibility index (Phi) is 6.65. The highest BCUT2D eigenvalue weighted by atomic mass is 19.1. The molecule has 0 atom stereocenters. The van der Waals surface area contributed by atoms with Crippen molar-refractivity contribution in [1.82, 2.24) is 4.90 Å². The summed E-state index contributed by atoms with van der Waals surface area (Å²) in [6, 6.07) is 14.6. The molecule has 0 aromatic heterocycles. The normalized spacial score (nSPS) is 17.3. The van der Waals surface area contributed by atoms with Crippen LogP contribution in [0.5, 0.6) is 0 Å². The maximum absolute atomic E-state index is 14.5. The van der Waals surface area contributed by atoms with Crippen molar-refractivity contribution in [3.8, 4) is 0 Å². The van der Waals surface area contributed by atoms with E-state index in [4.69, 9.17) is 0 Å². The van der Waals surface area contributed by atoms with Gasteiger partial charge in [-0.25, -0.2) is 4.39 Å². The second-order valence-electron chi connectivity index (χ2n) is 8.19. The van der Waals surface area contributed by atoms with Gasteiger partial charge in [0.2, 0.25) is 11.8 Å². The molecule has 162 valence electrons. The van der Waals surface area contributed by atoms with Gasteiger partial charge in [0.15, 0.2) is 0 Å². The summed E-state index contributed by atoms with van der Waals surface area (Å²) in [5, 5.41) is 2.85. The van der Waals surface area contributed by atoms with Gasteiger partial charge in [-0.05, 0) is 55.5 Å². The SMILES string of the molecule is O=C(Nc1ccc(N2CCCC2)c(F)c1)C1CCN(C(=O)/C=C/c2ccccc2)CC1. The number of carbonyl (C=O) groups is 2. The van der Waals surface area contributed by atoms with Crippen LogP contribution in [-0.4, -0.2) is 42.9 Å². The van der Waals surface area contributed by atoms with Gasteiger partial charge in [0.25, 0.3) is 0 Å². The number of carbonyl (C=O) groups excluding carboxylic acids is 2. The molecule has 4 rings (SSSR count). The van der Waals surface area contributed by atoms with E-state index in [9.17, 15) is 14.0 Å². The van der Waals surface area contributed by atoms with Gasteiger partial charge in [0, 0.05) is 43.9 Å². The Labute approximate surface area is 182 Å². The van der Waals surface area contributed by atoms with Crippen LogP contribution < -0.4 is 10.2 Å². The second kappa shape index (κ2) is 9.77. The van der Waals surface area contributed by atoms with Crippen molar-refractivity contribution in [2.75, 3.05) is 36.4 Å². The molecule has 2 fully saturated rings. The van der Waals surface area contributed by atoms with Gasteiger partial charge in [-0.1, -0.05) is 30.3 Å². The molecule has 0 radical (unpaired) electrons. The van der Waals surface area contributed by atoms with Crippen LogP contribution in [0.2, 0.25) is 0 Å². The molecule has 2 heterocycles. The Bertz CT molecular complexity index is 946. The zero-order chi connectivity index (χ0) is 21.6. The van der Waals surface area contributed by atoms with Crippen molar-refractivity contribution in [1.29, 1.82) is 0 Å². The minimum absolute atomic E-state index is 0.0396. The molecule has 0 aliphatic carbocycles. The first-order chi connectivity index (χ1) is 15.1. The molecule has 5 nitrogen and oxygen atoms in total. The number of hydrogen-bond donors (Lipinski definition) is 1. The van der Waals surface area contributed by atoms with E-state index in [1.54, 1.807) is 23.1 Å². The molecular weight excluding hydrogens is 393 g/mol. The monoisotopic (exact) mass is 421 g/mol. The van der Waals surface area contributed by atoms with E-state index in [1.807, 2.05) is 41.3 Å². The van der Waals surface area contributed by atoms with Crippen molar-refractivity contribution in [2.45, 2.75) is 25.7 Å². The molecule has 2 aromatic carbocycles. The van der Waals surface area contributed by atoms with Crippen molar-refractivity contribution < 1.29 is 14.0 Å². The Morgan fingerprint density at radius 3 is 2.35 bits per heavy atom. The molecule has 0 saturated carbocycles. The maximum Gasteiger partial charge on any atom is 0.246 e. The molecule has 6 heteroatoms. The zero-order valence-electron chi connectivity index (χ0n) is 17.6. The number of nitrogens with zero attached hydrogens (tertiary/aromatic N) is 2. The summed E-state index contributed by atoms with van der Waals surface area (Å²) in [5.74, 6) is -0.628. The van der Waals surface area contributed by atoms with Gasteiger partial charge in [-0.3, -0.25) is 9.59 Å². The average molecular weight is 422 g/mol. The first-order valence-electron chi connectivity index (χ1n) is 11.0. The number of rotatable bonds is 5. The van der Waals surface area contributed by atoms with E-state index < -0.39 is 0 Å². The van der Waals surface area contributed by atoms with E-state index in [-0.39, 0.29) is 23.5 Å². The first kappa shape index (κ1) is 21.1. The van der Waals surface area contributed by atoms with Crippen LogP contribution >= 0.6 is 0 Å². The topological polar surface area (TPSA) is 52.7 Å². The number of halogens is 1. The van der Waals surface area contributed by atoms with Crippen molar-refractivity contribution >= 4 is 29.3 Å². The maximum atomic E-state index is 14.5. The summed E-state index contributed by atoms with van der Waals surface area (Å²) in [6.45, 7) is 2.83. The fourth-order valence-electron chi connectivity index (χ4n) is 4.24. The molecule has 2 aromatic rings. The van der Waals surface area contributed by atoms with Gasteiger partial charge in [0.1, 0.15) is 5.82 Å². The summed E-state index contributed by atoms with van der Waals surface area (Å²) >= 11 is 0. The fourth-order valence-corrected chi connectivity index (χ4v) is 4.24. The molecule has 0 spiro atoms. The Morgan fingerprint density at radius 1 is 0.968 bits per heavy atom. The van der Waals surface area contributed by atoms with E-state index in [0.717, 1.165) is 31.5 Å². The van der Waals surface area contributed by atoms with Crippen molar-refractivity contribution in [3.63, 3.8) is 0 Å². The molecule has 31 heavy (non-hydrogen) atoms. The lowest BCUT2D eigenvalue weighted by atomic mass is 9.95. The summed E-state index contributed by atoms with van der Waals surface area (Å²) in [4.78, 5) is 28.9. The molecule has 1 N–H and O–H groups in total. The minimum Gasteiger partial charge on any atom is -0.369 e. The van der Waals surface area contributed by atoms with Gasteiger partial charge in [-0.2, -0.15) is 0 Å². The highest BCUT2D eigenvalue weighted by Gasteiger charge is 2.27. The second-order valence-corrected chi connectivity index (χ2v) is 8.19. The summed E-state index contributed by atoms with van der Waals surface area (Å²) in [5.41, 5.74) is 2.06. The molecule has 2 aliphatic heterocycles. The van der Waals surface area contributed by atoms with Crippen molar-refractivity contribution in [3.05, 3.63) is 66.0 Å². The number of piperidine rings is 1. The molecule has 2 amide bonds. The van der Waals surface area contributed by atoms with Crippen LogP contribution in [0.25, 0.3) is 6.08 Å². The number of amides is 2. The largest absolute Gasteiger partial charge is 0.369 e. The third kappa shape index (κ3) is 5.32. The predicted octanol–water partition coefficient (Wildman–Crippen LogP) is 4.32. The highest BCUT2D eigenvalue weighted by Crippen LogP contribution is 2.27. The zero-order valence-corrected chi connectivity index (χ0v) is 17.6. The van der Waals surface area contributed by atoms with E-state index in [0.29, 0.717) is 37.3 Å². The van der Waals surface area contributed by atoms with Crippen LogP contribution in [-0.2, 0) is 9.59 Å². The molecule has 0 bridgehead atoms. The van der Waals surface area contributed by atoms with E-state index in [1.165, 1.54) is 6.07 Å². The summed E-state index contributed by atoms with van der Waals surface area (Å²) < 4.78 is 14.5. The molecule has 2 aliphatic rings. The molecular formula is C25H28FN3O2. The lowest BCUT2D eigenvalue weighted by Gasteiger charge is -2.30. The predicted molar refractivity (Wildman–Crippen MR) is 121 cm³/mol. The lowest BCUT2D eigenvalue weighted by molar-refractivity contribution is -0.130. The fraction of sp³-hybridized carbons (Fsp3) is 0.360. The van der Waals surface area contributed by atoms with Crippen LogP contribution in [0.4, 0.5) is 15.8 Å². The number of anilines is 2. The van der Waals surface area contributed by atoms with Gasteiger partial charge in [0.05, 0.1) is 5.69 Å². The third-order valence-corrected chi connectivity index (χ3v) is 6.06. The number of hydrogen-bond acceptors (Lipinski definition) is 3. The smallest absolute Gasteiger partial charge is 0.246 e. The average Bonchev–Trinajstić information content (AvgIpc) is 3.33. The quantitative estimate of drug-likeness (QED) is 0.732. The minimum atomic E-state index is -0.301. The van der Waals surface area contributed by atoms with Crippen LogP contribution in [0, 0.1) is 11.7 Å². The Hall–Kier alpha value is -3.15. The molecule has 2 saturated heterocycles. The van der Waals surface area contributed by atoms with Gasteiger partial charge in [-0.15, -0.1) is 0 Å². The Morgan fingerprint density at radius 2 is 1.68 bits per heavy atom. The highest BCUT2D eigenvalue weighted by molar-refractivity contribution is 5.94. The van der Waals surface area contributed by atoms with Crippen LogP contribution in [0.1, 0.15) is 31.2 Å². The summed E-state index contributed by atoms with van der Waals surface area (Å²) in [6.07, 6.45) is 6.76. The van der Waals surface area contributed by atoms with Gasteiger partial charge >= 0.3 is 0 Å². The number of benzene rings is 2. The number of likely N-dealkylation sites (tertiary alicyclic amines) is 1.